The van der Waals surface area contributed by atoms with Crippen molar-refractivity contribution in [1.29, 1.82) is 0 Å². The van der Waals surface area contributed by atoms with E-state index in [0.717, 1.165) is 36.7 Å². The second-order valence-corrected chi connectivity index (χ2v) is 6.04. The monoisotopic (exact) mass is 307 g/mol. The minimum absolute atomic E-state index is 0.376. The van der Waals surface area contributed by atoms with Crippen LogP contribution in [0.5, 0.6) is 0 Å². The summed E-state index contributed by atoms with van der Waals surface area (Å²) in [5.41, 5.74) is 2.20. The van der Waals surface area contributed by atoms with Gasteiger partial charge in [0.2, 0.25) is 0 Å². The SMILES string of the molecule is c1ccc(-n2ccc(CN3CCCC[C@H]3c3ncc[nH]3)n2)cc1. The van der Waals surface area contributed by atoms with E-state index in [0.29, 0.717) is 6.04 Å². The van der Waals surface area contributed by atoms with Crippen LogP contribution in [-0.2, 0) is 6.54 Å². The van der Waals surface area contributed by atoms with Gasteiger partial charge < -0.3 is 4.98 Å². The summed E-state index contributed by atoms with van der Waals surface area (Å²) >= 11 is 0. The Morgan fingerprint density at radius 2 is 2.04 bits per heavy atom. The van der Waals surface area contributed by atoms with Crippen molar-refractivity contribution in [2.75, 3.05) is 6.54 Å². The first-order chi connectivity index (χ1) is 11.4. The number of imidazole rings is 1. The van der Waals surface area contributed by atoms with E-state index < -0.39 is 0 Å². The Labute approximate surface area is 136 Å². The first-order valence-electron chi connectivity index (χ1n) is 8.23. The molecular formula is C18H21N5. The average Bonchev–Trinajstić information content (AvgIpc) is 3.28. The van der Waals surface area contributed by atoms with Crippen molar-refractivity contribution in [2.45, 2.75) is 31.8 Å². The molecule has 1 aromatic carbocycles. The van der Waals surface area contributed by atoms with E-state index in [4.69, 9.17) is 5.10 Å². The van der Waals surface area contributed by atoms with Gasteiger partial charge in [-0.05, 0) is 37.6 Å². The minimum Gasteiger partial charge on any atom is -0.347 e. The number of hydrogen-bond acceptors (Lipinski definition) is 3. The molecule has 0 aliphatic carbocycles. The van der Waals surface area contributed by atoms with Gasteiger partial charge in [-0.25, -0.2) is 9.67 Å². The number of aromatic nitrogens is 4. The Kier molecular flexibility index (Phi) is 3.94. The van der Waals surface area contributed by atoms with Gasteiger partial charge >= 0.3 is 0 Å². The third-order valence-corrected chi connectivity index (χ3v) is 4.48. The molecule has 0 bridgehead atoms. The summed E-state index contributed by atoms with van der Waals surface area (Å²) in [6.45, 7) is 1.97. The standard InChI is InChI=1S/C18H21N5/c1-2-6-16(7-3-1)23-13-9-15(21-23)14-22-12-5-4-8-17(22)18-19-10-11-20-18/h1-3,6-7,9-11,13,17H,4-5,8,12,14H2,(H,19,20)/t17-/m0/s1. The van der Waals surface area contributed by atoms with E-state index in [1.165, 1.54) is 12.8 Å². The molecule has 0 unspecified atom stereocenters. The van der Waals surface area contributed by atoms with Crippen LogP contribution in [-0.4, -0.2) is 31.2 Å². The Bertz CT molecular complexity index is 732. The quantitative estimate of drug-likeness (QED) is 0.804. The van der Waals surface area contributed by atoms with Crippen LogP contribution in [0.15, 0.2) is 55.0 Å². The molecule has 4 rings (SSSR count). The number of hydrogen-bond donors (Lipinski definition) is 1. The topological polar surface area (TPSA) is 49.7 Å². The molecule has 0 amide bonds. The van der Waals surface area contributed by atoms with E-state index >= 15 is 0 Å². The highest BCUT2D eigenvalue weighted by Gasteiger charge is 2.26. The maximum absolute atomic E-state index is 4.73. The van der Waals surface area contributed by atoms with Gasteiger partial charge in [-0.15, -0.1) is 0 Å². The first-order valence-corrected chi connectivity index (χ1v) is 8.23. The molecule has 3 heterocycles. The predicted molar refractivity (Wildman–Crippen MR) is 89.2 cm³/mol. The van der Waals surface area contributed by atoms with E-state index in [9.17, 15) is 0 Å². The molecule has 0 saturated carbocycles. The van der Waals surface area contributed by atoms with Gasteiger partial charge in [-0.3, -0.25) is 4.90 Å². The maximum atomic E-state index is 4.73. The molecule has 23 heavy (non-hydrogen) atoms. The Morgan fingerprint density at radius 3 is 2.87 bits per heavy atom. The molecule has 1 fully saturated rings. The van der Waals surface area contributed by atoms with Crippen molar-refractivity contribution < 1.29 is 0 Å². The molecule has 3 aromatic rings. The smallest absolute Gasteiger partial charge is 0.123 e. The Balaban J connectivity index is 1.52. The molecule has 1 atom stereocenters. The lowest BCUT2D eigenvalue weighted by Gasteiger charge is -2.33. The summed E-state index contributed by atoms with van der Waals surface area (Å²) in [5.74, 6) is 1.08. The van der Waals surface area contributed by atoms with E-state index in [-0.39, 0.29) is 0 Å². The highest BCUT2D eigenvalue weighted by Crippen LogP contribution is 2.29. The lowest BCUT2D eigenvalue weighted by atomic mass is 10.0. The van der Waals surface area contributed by atoms with Crippen LogP contribution < -0.4 is 0 Å². The van der Waals surface area contributed by atoms with Crippen LogP contribution in [0.4, 0.5) is 0 Å². The zero-order valence-electron chi connectivity index (χ0n) is 13.1. The number of para-hydroxylation sites is 1. The molecule has 0 spiro atoms. The van der Waals surface area contributed by atoms with Crippen molar-refractivity contribution in [3.8, 4) is 5.69 Å². The molecule has 5 heteroatoms. The van der Waals surface area contributed by atoms with Crippen molar-refractivity contribution in [1.82, 2.24) is 24.6 Å². The van der Waals surface area contributed by atoms with Crippen LogP contribution in [0, 0.1) is 0 Å². The summed E-state index contributed by atoms with van der Waals surface area (Å²) < 4.78 is 1.95. The molecule has 5 nitrogen and oxygen atoms in total. The number of benzene rings is 1. The number of nitrogens with one attached hydrogen (secondary N) is 1. The van der Waals surface area contributed by atoms with E-state index in [1.54, 1.807) is 0 Å². The number of nitrogens with zero attached hydrogens (tertiary/aromatic N) is 4. The highest BCUT2D eigenvalue weighted by atomic mass is 15.3. The number of H-pyrrole nitrogens is 1. The Hall–Kier alpha value is -2.40. The van der Waals surface area contributed by atoms with Crippen LogP contribution in [0.25, 0.3) is 5.69 Å². The molecule has 0 radical (unpaired) electrons. The summed E-state index contributed by atoms with van der Waals surface area (Å²) in [6, 6.07) is 12.7. The van der Waals surface area contributed by atoms with Crippen molar-refractivity contribution >= 4 is 0 Å². The summed E-state index contributed by atoms with van der Waals surface area (Å²) in [7, 11) is 0. The molecular weight excluding hydrogens is 286 g/mol. The number of rotatable bonds is 4. The first kappa shape index (κ1) is 14.2. The fourth-order valence-electron chi connectivity index (χ4n) is 3.33. The minimum atomic E-state index is 0.376. The van der Waals surface area contributed by atoms with E-state index in [1.807, 2.05) is 41.5 Å². The van der Waals surface area contributed by atoms with Gasteiger partial charge in [-0.1, -0.05) is 24.6 Å². The number of likely N-dealkylation sites (tertiary alicyclic amines) is 1. The zero-order valence-corrected chi connectivity index (χ0v) is 13.1. The summed E-state index contributed by atoms with van der Waals surface area (Å²) in [6.07, 6.45) is 9.46. The lowest BCUT2D eigenvalue weighted by molar-refractivity contribution is 0.132. The van der Waals surface area contributed by atoms with E-state index in [2.05, 4.69) is 33.1 Å². The predicted octanol–water partition coefficient (Wildman–Crippen LogP) is 3.32. The van der Waals surface area contributed by atoms with Crippen molar-refractivity contribution in [3.63, 3.8) is 0 Å². The third-order valence-electron chi connectivity index (χ3n) is 4.48. The largest absolute Gasteiger partial charge is 0.347 e. The number of piperidine rings is 1. The lowest BCUT2D eigenvalue weighted by Crippen LogP contribution is -2.33. The van der Waals surface area contributed by atoms with Crippen LogP contribution >= 0.6 is 0 Å². The third kappa shape index (κ3) is 3.05. The summed E-state index contributed by atoms with van der Waals surface area (Å²) in [5, 5.41) is 4.73. The second kappa shape index (κ2) is 6.38. The fourth-order valence-corrected chi connectivity index (χ4v) is 3.33. The fraction of sp³-hybridized carbons (Fsp3) is 0.333. The van der Waals surface area contributed by atoms with Crippen molar-refractivity contribution in [2.24, 2.45) is 0 Å². The van der Waals surface area contributed by atoms with Crippen LogP contribution in [0.3, 0.4) is 0 Å². The molecule has 118 valence electrons. The summed E-state index contributed by atoms with van der Waals surface area (Å²) in [4.78, 5) is 10.2. The normalized spacial score (nSPS) is 19.0. The number of aromatic amines is 1. The van der Waals surface area contributed by atoms with Gasteiger partial charge in [0, 0.05) is 25.1 Å². The molecule has 1 saturated heterocycles. The Morgan fingerprint density at radius 1 is 1.13 bits per heavy atom. The van der Waals surface area contributed by atoms with Crippen LogP contribution in [0.1, 0.15) is 36.8 Å². The average molecular weight is 307 g/mol. The van der Waals surface area contributed by atoms with Crippen molar-refractivity contribution in [3.05, 3.63) is 66.5 Å². The molecule has 2 aromatic heterocycles. The van der Waals surface area contributed by atoms with Gasteiger partial charge in [0.15, 0.2) is 0 Å². The zero-order chi connectivity index (χ0) is 15.5. The highest BCUT2D eigenvalue weighted by molar-refractivity contribution is 5.30. The van der Waals surface area contributed by atoms with Crippen LogP contribution in [0.2, 0.25) is 0 Å². The van der Waals surface area contributed by atoms with Gasteiger partial charge in [0.25, 0.3) is 0 Å². The van der Waals surface area contributed by atoms with Gasteiger partial charge in [0.05, 0.1) is 17.4 Å². The van der Waals surface area contributed by atoms with Gasteiger partial charge in [0.1, 0.15) is 5.82 Å². The molecule has 1 N–H and O–H groups in total. The molecule has 1 aliphatic rings. The van der Waals surface area contributed by atoms with Gasteiger partial charge in [-0.2, -0.15) is 5.10 Å². The molecule has 1 aliphatic heterocycles. The maximum Gasteiger partial charge on any atom is 0.123 e. The second-order valence-electron chi connectivity index (χ2n) is 6.04.